The van der Waals surface area contributed by atoms with Crippen molar-refractivity contribution in [3.8, 4) is 0 Å². The van der Waals surface area contributed by atoms with Gasteiger partial charge in [-0.2, -0.15) is 0 Å². The normalized spacial score (nSPS) is 16.7. The summed E-state index contributed by atoms with van der Waals surface area (Å²) in [5.41, 5.74) is 1.16. The first-order valence-electron chi connectivity index (χ1n) is 8.25. The Morgan fingerprint density at radius 2 is 1.93 bits per heavy atom. The summed E-state index contributed by atoms with van der Waals surface area (Å²) in [6.07, 6.45) is -1.15. The average Bonchev–Trinajstić information content (AvgIpc) is 2.64. The van der Waals surface area contributed by atoms with Crippen molar-refractivity contribution in [3.05, 3.63) is 53.6 Å². The highest BCUT2D eigenvalue weighted by atomic mass is 35.5. The number of benzene rings is 2. The Morgan fingerprint density at radius 1 is 1.22 bits per heavy atom. The molecule has 2 atom stereocenters. The van der Waals surface area contributed by atoms with Gasteiger partial charge in [-0.05, 0) is 31.2 Å². The van der Waals surface area contributed by atoms with Gasteiger partial charge < -0.3 is 15.4 Å². The Morgan fingerprint density at radius 3 is 2.70 bits per heavy atom. The molecule has 1 aliphatic heterocycles. The summed E-state index contributed by atoms with van der Waals surface area (Å²) < 4.78 is 5.18. The van der Waals surface area contributed by atoms with Crippen molar-refractivity contribution >= 4 is 52.5 Å². The Bertz CT molecular complexity index is 890. The third kappa shape index (κ3) is 4.81. The van der Waals surface area contributed by atoms with Crippen LogP contribution >= 0.6 is 23.4 Å². The fourth-order valence-electron chi connectivity index (χ4n) is 2.47. The lowest BCUT2D eigenvalue weighted by Gasteiger charge is -2.23. The lowest BCUT2D eigenvalue weighted by Crippen LogP contribution is -2.34. The van der Waals surface area contributed by atoms with Gasteiger partial charge in [0, 0.05) is 4.90 Å². The van der Waals surface area contributed by atoms with Crippen LogP contribution in [0.2, 0.25) is 5.02 Å². The maximum Gasteiger partial charge on any atom is 0.308 e. The van der Waals surface area contributed by atoms with Crippen LogP contribution in [0.4, 0.5) is 11.4 Å². The van der Waals surface area contributed by atoms with Crippen LogP contribution in [0.3, 0.4) is 0 Å². The monoisotopic (exact) mass is 404 g/mol. The highest BCUT2D eigenvalue weighted by Crippen LogP contribution is 2.36. The summed E-state index contributed by atoms with van der Waals surface area (Å²) in [4.78, 5) is 37.4. The van der Waals surface area contributed by atoms with Crippen LogP contribution < -0.4 is 10.6 Å². The number of thioether (sulfide) groups is 1. The molecule has 2 aromatic rings. The minimum Gasteiger partial charge on any atom is -0.452 e. The van der Waals surface area contributed by atoms with Crippen molar-refractivity contribution in [1.29, 1.82) is 0 Å². The number of rotatable bonds is 5. The Labute approximate surface area is 165 Å². The standard InChI is InChI=1S/C19H17ClN2O4S/c1-11(18(24)21-13-7-3-2-6-12(13)20)26-17(23)10-16-19(25)22-14-8-4-5-9-15(14)27-16/h2-9,11,16H,10H2,1H3,(H,21,24)(H,22,25)/t11-,16-/m0/s1. The summed E-state index contributed by atoms with van der Waals surface area (Å²) in [6.45, 7) is 1.47. The van der Waals surface area contributed by atoms with Crippen molar-refractivity contribution in [3.63, 3.8) is 0 Å². The Balaban J connectivity index is 1.55. The van der Waals surface area contributed by atoms with E-state index in [9.17, 15) is 14.4 Å². The van der Waals surface area contributed by atoms with E-state index in [-0.39, 0.29) is 12.3 Å². The summed E-state index contributed by atoms with van der Waals surface area (Å²) in [5, 5.41) is 5.16. The van der Waals surface area contributed by atoms with Gasteiger partial charge in [0.25, 0.3) is 5.91 Å². The lowest BCUT2D eigenvalue weighted by atomic mass is 10.2. The molecule has 0 radical (unpaired) electrons. The largest absolute Gasteiger partial charge is 0.452 e. The van der Waals surface area contributed by atoms with Crippen LogP contribution in [-0.2, 0) is 19.1 Å². The molecule has 140 valence electrons. The molecular weight excluding hydrogens is 388 g/mol. The number of para-hydroxylation sites is 2. The van der Waals surface area contributed by atoms with E-state index in [0.29, 0.717) is 10.7 Å². The molecule has 0 aliphatic carbocycles. The molecule has 0 saturated carbocycles. The van der Waals surface area contributed by atoms with Crippen molar-refractivity contribution in [2.45, 2.75) is 29.6 Å². The average molecular weight is 405 g/mol. The molecular formula is C19H17ClN2O4S. The Kier molecular flexibility index (Phi) is 6.03. The van der Waals surface area contributed by atoms with E-state index in [1.54, 1.807) is 30.3 Å². The number of carbonyl (C=O) groups is 3. The molecule has 0 fully saturated rings. The SMILES string of the molecule is C[C@H](OC(=O)C[C@@H]1Sc2ccccc2NC1=O)C(=O)Nc1ccccc1Cl. The number of hydrogen-bond acceptors (Lipinski definition) is 5. The van der Waals surface area contributed by atoms with E-state index in [1.807, 2.05) is 18.2 Å². The molecule has 0 spiro atoms. The number of hydrogen-bond donors (Lipinski definition) is 2. The quantitative estimate of drug-likeness (QED) is 0.742. The van der Waals surface area contributed by atoms with E-state index in [2.05, 4.69) is 10.6 Å². The number of anilines is 2. The third-order valence-electron chi connectivity index (χ3n) is 3.87. The van der Waals surface area contributed by atoms with Crippen molar-refractivity contribution in [2.75, 3.05) is 10.6 Å². The predicted octanol–water partition coefficient (Wildman–Crippen LogP) is 3.71. The van der Waals surface area contributed by atoms with Crippen molar-refractivity contribution in [2.24, 2.45) is 0 Å². The number of esters is 1. The highest BCUT2D eigenvalue weighted by molar-refractivity contribution is 8.01. The van der Waals surface area contributed by atoms with E-state index < -0.39 is 23.2 Å². The molecule has 0 aromatic heterocycles. The summed E-state index contributed by atoms with van der Waals surface area (Å²) in [6, 6.07) is 14.1. The first-order chi connectivity index (χ1) is 12.9. The van der Waals surface area contributed by atoms with Gasteiger partial charge >= 0.3 is 5.97 Å². The summed E-state index contributed by atoms with van der Waals surface area (Å²) in [7, 11) is 0. The van der Waals surface area contributed by atoms with Crippen LogP contribution in [0.5, 0.6) is 0 Å². The smallest absolute Gasteiger partial charge is 0.308 e. The fraction of sp³-hybridized carbons (Fsp3) is 0.211. The van der Waals surface area contributed by atoms with Crippen molar-refractivity contribution in [1.82, 2.24) is 0 Å². The van der Waals surface area contributed by atoms with Crippen LogP contribution in [0.25, 0.3) is 0 Å². The molecule has 8 heteroatoms. The minimum absolute atomic E-state index is 0.130. The number of ether oxygens (including phenoxy) is 1. The highest BCUT2D eigenvalue weighted by Gasteiger charge is 2.30. The molecule has 0 bridgehead atoms. The number of carbonyl (C=O) groups excluding carboxylic acids is 3. The number of halogens is 1. The molecule has 0 saturated heterocycles. The molecule has 2 N–H and O–H groups in total. The zero-order valence-electron chi connectivity index (χ0n) is 14.4. The second kappa shape index (κ2) is 8.45. The molecule has 3 rings (SSSR count). The van der Waals surface area contributed by atoms with Crippen LogP contribution in [0.15, 0.2) is 53.4 Å². The maximum absolute atomic E-state index is 12.2. The lowest BCUT2D eigenvalue weighted by molar-refractivity contribution is -0.153. The van der Waals surface area contributed by atoms with Gasteiger partial charge in [0.1, 0.15) is 0 Å². The van der Waals surface area contributed by atoms with E-state index in [0.717, 1.165) is 10.6 Å². The van der Waals surface area contributed by atoms with Gasteiger partial charge in [-0.25, -0.2) is 0 Å². The molecule has 0 unspecified atom stereocenters. The first-order valence-corrected chi connectivity index (χ1v) is 9.51. The van der Waals surface area contributed by atoms with Crippen LogP contribution in [-0.4, -0.2) is 29.1 Å². The van der Waals surface area contributed by atoms with Gasteiger partial charge in [-0.3, -0.25) is 14.4 Å². The van der Waals surface area contributed by atoms with E-state index in [1.165, 1.54) is 18.7 Å². The van der Waals surface area contributed by atoms with Gasteiger partial charge in [0.05, 0.1) is 28.1 Å². The molecule has 1 heterocycles. The first kappa shape index (κ1) is 19.3. The van der Waals surface area contributed by atoms with Gasteiger partial charge in [0.2, 0.25) is 5.91 Å². The zero-order chi connectivity index (χ0) is 19.4. The third-order valence-corrected chi connectivity index (χ3v) is 5.47. The summed E-state index contributed by atoms with van der Waals surface area (Å²) >= 11 is 7.30. The number of nitrogens with one attached hydrogen (secondary N) is 2. The van der Waals surface area contributed by atoms with E-state index in [4.69, 9.17) is 16.3 Å². The molecule has 2 amide bonds. The van der Waals surface area contributed by atoms with E-state index >= 15 is 0 Å². The molecule has 6 nitrogen and oxygen atoms in total. The zero-order valence-corrected chi connectivity index (χ0v) is 16.0. The Hall–Kier alpha value is -2.51. The van der Waals surface area contributed by atoms with Gasteiger partial charge in [-0.15, -0.1) is 11.8 Å². The number of amides is 2. The fourth-order valence-corrected chi connectivity index (χ4v) is 3.75. The van der Waals surface area contributed by atoms with Gasteiger partial charge in [-0.1, -0.05) is 35.9 Å². The van der Waals surface area contributed by atoms with Crippen molar-refractivity contribution < 1.29 is 19.1 Å². The van der Waals surface area contributed by atoms with Crippen LogP contribution in [0.1, 0.15) is 13.3 Å². The summed E-state index contributed by atoms with van der Waals surface area (Å²) in [5.74, 6) is -1.38. The molecule has 27 heavy (non-hydrogen) atoms. The maximum atomic E-state index is 12.2. The number of fused-ring (bicyclic) bond motifs is 1. The molecule has 1 aliphatic rings. The predicted molar refractivity (Wildman–Crippen MR) is 105 cm³/mol. The van der Waals surface area contributed by atoms with Crippen LogP contribution in [0, 0.1) is 0 Å². The molecule has 2 aromatic carbocycles. The second-order valence-electron chi connectivity index (χ2n) is 5.90. The topological polar surface area (TPSA) is 84.5 Å². The second-order valence-corrected chi connectivity index (χ2v) is 7.55. The van der Waals surface area contributed by atoms with Gasteiger partial charge in [0.15, 0.2) is 6.10 Å². The minimum atomic E-state index is -1.02.